The van der Waals surface area contributed by atoms with Crippen LogP contribution in [0.4, 0.5) is 5.69 Å². The van der Waals surface area contributed by atoms with Crippen LogP contribution in [0.25, 0.3) is 0 Å². The normalized spacial score (nSPS) is 10.5. The first-order valence-electron chi connectivity index (χ1n) is 8.08. The molecule has 0 radical (unpaired) electrons. The Hall–Kier alpha value is -2.47. The second-order valence-corrected chi connectivity index (χ2v) is 6.92. The minimum absolute atomic E-state index is 0.0845. The summed E-state index contributed by atoms with van der Waals surface area (Å²) in [5, 5.41) is 4.71. The first-order chi connectivity index (χ1) is 12.0. The molecule has 0 unspecified atom stereocenters. The zero-order valence-corrected chi connectivity index (χ0v) is 15.1. The number of Topliss-reactive ketones (excluding diaryl/α,β-unsaturated/α-hetero) is 1. The van der Waals surface area contributed by atoms with Gasteiger partial charge < -0.3 is 10.1 Å². The highest BCUT2D eigenvalue weighted by Gasteiger charge is 2.11. The van der Waals surface area contributed by atoms with Crippen LogP contribution < -0.4 is 5.32 Å². The molecular formula is C19H21NO4S. The minimum Gasteiger partial charge on any atom is -0.457 e. The van der Waals surface area contributed by atoms with Gasteiger partial charge in [-0.2, -0.15) is 0 Å². The maximum atomic E-state index is 12.1. The standard InChI is InChI=1S/C19H21NO4S/c1-13(2)19(23)20-15-7-5-14(6-8-15)17(21)12-24-18(22)10-9-16-4-3-11-25-16/h3-8,11,13H,9-10,12H2,1-2H3,(H,20,23). The number of ketones is 1. The molecule has 6 heteroatoms. The highest BCUT2D eigenvalue weighted by molar-refractivity contribution is 7.09. The van der Waals surface area contributed by atoms with Crippen LogP contribution in [0.5, 0.6) is 0 Å². The lowest BCUT2D eigenvalue weighted by atomic mass is 10.1. The number of aryl methyl sites for hydroxylation is 1. The number of benzene rings is 1. The molecular weight excluding hydrogens is 338 g/mol. The number of nitrogens with one attached hydrogen (secondary N) is 1. The number of amides is 1. The summed E-state index contributed by atoms with van der Waals surface area (Å²) in [4.78, 5) is 36.5. The highest BCUT2D eigenvalue weighted by atomic mass is 32.1. The van der Waals surface area contributed by atoms with Crippen molar-refractivity contribution in [2.75, 3.05) is 11.9 Å². The van der Waals surface area contributed by atoms with Crippen LogP contribution in [-0.4, -0.2) is 24.3 Å². The smallest absolute Gasteiger partial charge is 0.306 e. The number of esters is 1. The fraction of sp³-hybridized carbons (Fsp3) is 0.316. The Morgan fingerprint density at radius 3 is 2.44 bits per heavy atom. The zero-order valence-electron chi connectivity index (χ0n) is 14.3. The number of hydrogen-bond donors (Lipinski definition) is 1. The van der Waals surface area contributed by atoms with Gasteiger partial charge in [0, 0.05) is 22.0 Å². The van der Waals surface area contributed by atoms with Gasteiger partial charge in [-0.3, -0.25) is 14.4 Å². The molecule has 2 rings (SSSR count). The van der Waals surface area contributed by atoms with E-state index in [4.69, 9.17) is 4.74 Å². The summed E-state index contributed by atoms with van der Waals surface area (Å²) < 4.78 is 5.03. The largest absolute Gasteiger partial charge is 0.457 e. The molecule has 0 fully saturated rings. The molecule has 2 aromatic rings. The van der Waals surface area contributed by atoms with Crippen molar-refractivity contribution in [1.82, 2.24) is 0 Å². The Morgan fingerprint density at radius 2 is 1.84 bits per heavy atom. The zero-order chi connectivity index (χ0) is 18.2. The monoisotopic (exact) mass is 359 g/mol. The molecule has 1 aromatic carbocycles. The molecule has 25 heavy (non-hydrogen) atoms. The third-order valence-electron chi connectivity index (χ3n) is 3.52. The van der Waals surface area contributed by atoms with E-state index in [0.29, 0.717) is 17.7 Å². The Morgan fingerprint density at radius 1 is 1.12 bits per heavy atom. The van der Waals surface area contributed by atoms with E-state index in [-0.39, 0.29) is 36.6 Å². The maximum Gasteiger partial charge on any atom is 0.306 e. The van der Waals surface area contributed by atoms with E-state index in [1.807, 2.05) is 17.5 Å². The van der Waals surface area contributed by atoms with Gasteiger partial charge in [-0.1, -0.05) is 19.9 Å². The molecule has 0 aliphatic carbocycles. The molecule has 0 saturated heterocycles. The van der Waals surface area contributed by atoms with Crippen molar-refractivity contribution < 1.29 is 19.1 Å². The summed E-state index contributed by atoms with van der Waals surface area (Å²) in [5.41, 5.74) is 1.07. The third-order valence-corrected chi connectivity index (χ3v) is 4.45. The van der Waals surface area contributed by atoms with Gasteiger partial charge in [0.1, 0.15) is 0 Å². The number of ether oxygens (including phenoxy) is 1. The molecule has 0 bridgehead atoms. The summed E-state index contributed by atoms with van der Waals surface area (Å²) in [5.74, 6) is -0.859. The van der Waals surface area contributed by atoms with Gasteiger partial charge in [0.05, 0.1) is 6.42 Å². The number of carbonyl (C=O) groups excluding carboxylic acids is 3. The topological polar surface area (TPSA) is 72.5 Å². The number of anilines is 1. The Balaban J connectivity index is 1.78. The lowest BCUT2D eigenvalue weighted by molar-refractivity contribution is -0.142. The number of rotatable bonds is 8. The number of carbonyl (C=O) groups is 3. The highest BCUT2D eigenvalue weighted by Crippen LogP contribution is 2.13. The first kappa shape index (κ1) is 18.9. The van der Waals surface area contributed by atoms with Crippen molar-refractivity contribution in [3.8, 4) is 0 Å². The summed E-state index contributed by atoms with van der Waals surface area (Å²) in [6.45, 7) is 3.33. The van der Waals surface area contributed by atoms with E-state index < -0.39 is 0 Å². The van der Waals surface area contributed by atoms with Gasteiger partial charge in [-0.15, -0.1) is 11.3 Å². The molecule has 1 heterocycles. The van der Waals surface area contributed by atoms with Crippen LogP contribution >= 0.6 is 11.3 Å². The van der Waals surface area contributed by atoms with Crippen LogP contribution in [0.1, 0.15) is 35.5 Å². The van der Waals surface area contributed by atoms with Gasteiger partial charge in [0.25, 0.3) is 0 Å². The molecule has 0 aliphatic heterocycles. The van der Waals surface area contributed by atoms with E-state index in [1.54, 1.807) is 49.4 Å². The first-order valence-corrected chi connectivity index (χ1v) is 8.96. The van der Waals surface area contributed by atoms with Crippen molar-refractivity contribution in [2.45, 2.75) is 26.7 Å². The maximum absolute atomic E-state index is 12.1. The van der Waals surface area contributed by atoms with Crippen LogP contribution in [-0.2, 0) is 20.7 Å². The van der Waals surface area contributed by atoms with Crippen molar-refractivity contribution in [3.63, 3.8) is 0 Å². The minimum atomic E-state index is -0.387. The number of thiophene rings is 1. The van der Waals surface area contributed by atoms with E-state index in [1.165, 1.54) is 0 Å². The van der Waals surface area contributed by atoms with Crippen molar-refractivity contribution >= 4 is 34.7 Å². The van der Waals surface area contributed by atoms with Crippen molar-refractivity contribution in [3.05, 3.63) is 52.2 Å². The second-order valence-electron chi connectivity index (χ2n) is 5.88. The average molecular weight is 359 g/mol. The van der Waals surface area contributed by atoms with E-state index in [2.05, 4.69) is 5.32 Å². The fourth-order valence-corrected chi connectivity index (χ4v) is 2.72. The number of hydrogen-bond acceptors (Lipinski definition) is 5. The molecule has 0 saturated carbocycles. The second kappa shape index (κ2) is 9.13. The van der Waals surface area contributed by atoms with Gasteiger partial charge in [-0.25, -0.2) is 0 Å². The molecule has 132 valence electrons. The molecule has 1 aromatic heterocycles. The molecule has 1 N–H and O–H groups in total. The summed E-state index contributed by atoms with van der Waals surface area (Å²) in [6.07, 6.45) is 0.878. The van der Waals surface area contributed by atoms with Crippen LogP contribution in [0.15, 0.2) is 41.8 Å². The lowest BCUT2D eigenvalue weighted by Gasteiger charge is -2.08. The summed E-state index contributed by atoms with van der Waals surface area (Å²) in [7, 11) is 0. The van der Waals surface area contributed by atoms with E-state index in [0.717, 1.165) is 4.88 Å². The SMILES string of the molecule is CC(C)C(=O)Nc1ccc(C(=O)COC(=O)CCc2cccs2)cc1. The predicted molar refractivity (Wildman–Crippen MR) is 97.8 cm³/mol. The van der Waals surface area contributed by atoms with Gasteiger partial charge in [0.15, 0.2) is 12.4 Å². The van der Waals surface area contributed by atoms with Crippen molar-refractivity contribution in [1.29, 1.82) is 0 Å². The average Bonchev–Trinajstić information content (AvgIpc) is 3.12. The summed E-state index contributed by atoms with van der Waals surface area (Å²) in [6, 6.07) is 10.4. The quantitative estimate of drug-likeness (QED) is 0.576. The fourth-order valence-electron chi connectivity index (χ4n) is 2.01. The molecule has 1 amide bonds. The van der Waals surface area contributed by atoms with E-state index in [9.17, 15) is 14.4 Å². The van der Waals surface area contributed by atoms with Gasteiger partial charge in [-0.05, 0) is 42.1 Å². The molecule has 0 aliphatic rings. The molecule has 5 nitrogen and oxygen atoms in total. The molecule has 0 atom stereocenters. The molecule has 0 spiro atoms. The van der Waals surface area contributed by atoms with Crippen LogP contribution in [0.3, 0.4) is 0 Å². The van der Waals surface area contributed by atoms with Gasteiger partial charge in [0.2, 0.25) is 5.91 Å². The van der Waals surface area contributed by atoms with E-state index >= 15 is 0 Å². The lowest BCUT2D eigenvalue weighted by Crippen LogP contribution is -2.18. The Labute approximate surface area is 151 Å². The Kier molecular flexibility index (Phi) is 6.89. The summed E-state index contributed by atoms with van der Waals surface area (Å²) >= 11 is 1.59. The van der Waals surface area contributed by atoms with Crippen LogP contribution in [0, 0.1) is 5.92 Å². The van der Waals surface area contributed by atoms with Gasteiger partial charge >= 0.3 is 5.97 Å². The Bertz CT molecular complexity index is 720. The predicted octanol–water partition coefficient (Wildman–Crippen LogP) is 3.70. The van der Waals surface area contributed by atoms with Crippen LogP contribution in [0.2, 0.25) is 0 Å². The van der Waals surface area contributed by atoms with Crippen molar-refractivity contribution in [2.24, 2.45) is 5.92 Å². The third kappa shape index (κ3) is 6.15.